The molecule has 0 spiro atoms. The van der Waals surface area contributed by atoms with Gasteiger partial charge in [-0.2, -0.15) is 5.26 Å². The van der Waals surface area contributed by atoms with E-state index in [0.717, 1.165) is 18.9 Å². The molecule has 3 rings (SSSR count). The third-order valence-corrected chi connectivity index (χ3v) is 5.33. The van der Waals surface area contributed by atoms with Gasteiger partial charge in [-0.1, -0.05) is 6.07 Å². The standard InChI is InChI=1S/C25H28N6O/c1-18-21(11-12-24(28-18)30(4)15-14-29(2)3)25(32)31(5)20-10-9-19(17-26)22(16-20)23-8-6-7-13-27-23/h6-13,16H,14-15H2,1-5H3. The van der Waals surface area contributed by atoms with Crippen LogP contribution in [0.5, 0.6) is 0 Å². The second kappa shape index (κ2) is 10.0. The van der Waals surface area contributed by atoms with Gasteiger partial charge < -0.3 is 14.7 Å². The van der Waals surface area contributed by atoms with Crippen molar-refractivity contribution in [2.24, 2.45) is 0 Å². The van der Waals surface area contributed by atoms with Crippen molar-refractivity contribution < 1.29 is 4.79 Å². The molecule has 1 amide bonds. The van der Waals surface area contributed by atoms with Crippen LogP contribution in [0, 0.1) is 18.3 Å². The fourth-order valence-electron chi connectivity index (χ4n) is 3.32. The average Bonchev–Trinajstić information content (AvgIpc) is 2.81. The van der Waals surface area contributed by atoms with Crippen LogP contribution < -0.4 is 9.80 Å². The minimum absolute atomic E-state index is 0.158. The van der Waals surface area contributed by atoms with Crippen LogP contribution in [0.1, 0.15) is 21.6 Å². The maximum atomic E-state index is 13.2. The van der Waals surface area contributed by atoms with Crippen molar-refractivity contribution >= 4 is 17.4 Å². The molecule has 1 aromatic carbocycles. The molecule has 0 fully saturated rings. The van der Waals surface area contributed by atoms with Gasteiger partial charge in [-0.3, -0.25) is 9.78 Å². The summed E-state index contributed by atoms with van der Waals surface area (Å²) in [5.41, 5.74) is 3.79. The molecule has 0 unspecified atom stereocenters. The lowest BCUT2D eigenvalue weighted by molar-refractivity contribution is 0.0992. The Morgan fingerprint density at radius 2 is 1.81 bits per heavy atom. The van der Waals surface area contributed by atoms with Crippen LogP contribution in [0.3, 0.4) is 0 Å². The van der Waals surface area contributed by atoms with Crippen molar-refractivity contribution in [1.29, 1.82) is 5.26 Å². The Morgan fingerprint density at radius 1 is 1.03 bits per heavy atom. The molecule has 0 saturated heterocycles. The van der Waals surface area contributed by atoms with Crippen molar-refractivity contribution in [3.05, 3.63) is 71.5 Å². The largest absolute Gasteiger partial charge is 0.358 e. The van der Waals surface area contributed by atoms with Gasteiger partial charge in [0.1, 0.15) is 5.82 Å². The minimum atomic E-state index is -0.158. The molecule has 7 nitrogen and oxygen atoms in total. The predicted octanol–water partition coefficient (Wildman–Crippen LogP) is 3.60. The van der Waals surface area contributed by atoms with Crippen LogP contribution in [0.2, 0.25) is 0 Å². The molecule has 0 atom stereocenters. The van der Waals surface area contributed by atoms with Crippen LogP contribution in [-0.4, -0.2) is 62.1 Å². The van der Waals surface area contributed by atoms with E-state index in [1.54, 1.807) is 30.3 Å². The molecule has 32 heavy (non-hydrogen) atoms. The lowest BCUT2D eigenvalue weighted by atomic mass is 10.0. The summed E-state index contributed by atoms with van der Waals surface area (Å²) >= 11 is 0. The summed E-state index contributed by atoms with van der Waals surface area (Å²) in [6.45, 7) is 3.61. The molecule has 0 aliphatic carbocycles. The number of hydrogen-bond donors (Lipinski definition) is 0. The van der Waals surface area contributed by atoms with Crippen molar-refractivity contribution in [2.75, 3.05) is 51.1 Å². The summed E-state index contributed by atoms with van der Waals surface area (Å²) in [5, 5.41) is 9.50. The van der Waals surface area contributed by atoms with Gasteiger partial charge in [-0.05, 0) is 63.5 Å². The second-order valence-electron chi connectivity index (χ2n) is 7.95. The zero-order valence-corrected chi connectivity index (χ0v) is 19.2. The molecular weight excluding hydrogens is 400 g/mol. The second-order valence-corrected chi connectivity index (χ2v) is 7.95. The van der Waals surface area contributed by atoms with E-state index < -0.39 is 0 Å². The molecule has 164 valence electrons. The summed E-state index contributed by atoms with van der Waals surface area (Å²) in [6, 6.07) is 16.8. The molecule has 2 heterocycles. The summed E-state index contributed by atoms with van der Waals surface area (Å²) in [5.74, 6) is 0.675. The van der Waals surface area contributed by atoms with Crippen molar-refractivity contribution in [1.82, 2.24) is 14.9 Å². The third kappa shape index (κ3) is 5.10. The molecule has 0 aliphatic rings. The van der Waals surface area contributed by atoms with Gasteiger partial charge in [0.15, 0.2) is 0 Å². The molecule has 0 N–H and O–H groups in total. The molecule has 3 aromatic rings. The summed E-state index contributed by atoms with van der Waals surface area (Å²) < 4.78 is 0. The smallest absolute Gasteiger partial charge is 0.259 e. The Labute approximate surface area is 189 Å². The highest BCUT2D eigenvalue weighted by Crippen LogP contribution is 2.28. The number of carbonyl (C=O) groups excluding carboxylic acids is 1. The van der Waals surface area contributed by atoms with E-state index in [-0.39, 0.29) is 5.91 Å². The zero-order chi connectivity index (χ0) is 23.3. The molecule has 7 heteroatoms. The molecule has 2 aromatic heterocycles. The number of anilines is 2. The topological polar surface area (TPSA) is 76.4 Å². The van der Waals surface area contributed by atoms with Gasteiger partial charge in [-0.15, -0.1) is 0 Å². The van der Waals surface area contributed by atoms with E-state index in [2.05, 4.69) is 25.8 Å². The Morgan fingerprint density at radius 3 is 2.44 bits per heavy atom. The van der Waals surface area contributed by atoms with E-state index in [1.165, 1.54) is 0 Å². The first kappa shape index (κ1) is 22.9. The maximum Gasteiger partial charge on any atom is 0.259 e. The first-order valence-electron chi connectivity index (χ1n) is 10.4. The number of aromatic nitrogens is 2. The summed E-state index contributed by atoms with van der Waals surface area (Å²) in [4.78, 5) is 28.0. The van der Waals surface area contributed by atoms with Gasteiger partial charge >= 0.3 is 0 Å². The van der Waals surface area contributed by atoms with Crippen LogP contribution in [0.25, 0.3) is 11.3 Å². The Balaban J connectivity index is 1.86. The number of aryl methyl sites for hydroxylation is 1. The van der Waals surface area contributed by atoms with Crippen molar-refractivity contribution in [2.45, 2.75) is 6.92 Å². The molecule has 0 saturated carbocycles. The lowest BCUT2D eigenvalue weighted by Crippen LogP contribution is -2.30. The van der Waals surface area contributed by atoms with E-state index in [1.807, 2.05) is 64.5 Å². The SMILES string of the molecule is Cc1nc(N(C)CCN(C)C)ccc1C(=O)N(C)c1ccc(C#N)c(-c2ccccn2)c1. The molecule has 0 aliphatic heterocycles. The van der Waals surface area contributed by atoms with E-state index >= 15 is 0 Å². The lowest BCUT2D eigenvalue weighted by Gasteiger charge is -2.23. The van der Waals surface area contributed by atoms with Gasteiger partial charge in [0.25, 0.3) is 5.91 Å². The number of benzene rings is 1. The van der Waals surface area contributed by atoms with Gasteiger partial charge in [0.05, 0.1) is 28.6 Å². The van der Waals surface area contributed by atoms with Crippen LogP contribution >= 0.6 is 0 Å². The highest BCUT2D eigenvalue weighted by atomic mass is 16.2. The fourth-order valence-corrected chi connectivity index (χ4v) is 3.32. The number of rotatable bonds is 7. The van der Waals surface area contributed by atoms with Crippen LogP contribution in [0.4, 0.5) is 11.5 Å². The average molecular weight is 429 g/mol. The summed E-state index contributed by atoms with van der Waals surface area (Å²) in [7, 11) is 7.79. The fraction of sp³-hybridized carbons (Fsp3) is 0.280. The quantitative estimate of drug-likeness (QED) is 0.572. The Bertz CT molecular complexity index is 1140. The number of carbonyl (C=O) groups is 1. The Hall–Kier alpha value is -3.76. The van der Waals surface area contributed by atoms with Crippen LogP contribution in [-0.2, 0) is 0 Å². The number of amides is 1. The number of pyridine rings is 2. The first-order chi connectivity index (χ1) is 15.3. The van der Waals surface area contributed by atoms with E-state index in [4.69, 9.17) is 0 Å². The van der Waals surface area contributed by atoms with Crippen molar-refractivity contribution in [3.63, 3.8) is 0 Å². The number of nitriles is 1. The number of hydrogen-bond acceptors (Lipinski definition) is 6. The van der Waals surface area contributed by atoms with Gasteiger partial charge in [-0.25, -0.2) is 4.98 Å². The monoisotopic (exact) mass is 428 g/mol. The number of nitrogens with zero attached hydrogens (tertiary/aromatic N) is 6. The normalized spacial score (nSPS) is 10.7. The maximum absolute atomic E-state index is 13.2. The van der Waals surface area contributed by atoms with Gasteiger partial charge in [0, 0.05) is 44.6 Å². The molecule has 0 bridgehead atoms. The number of likely N-dealkylation sites (N-methyl/N-ethyl adjacent to an activating group) is 2. The van der Waals surface area contributed by atoms with Gasteiger partial charge in [0.2, 0.25) is 0 Å². The first-order valence-corrected chi connectivity index (χ1v) is 10.4. The molecular formula is C25H28N6O. The van der Waals surface area contributed by atoms with E-state index in [9.17, 15) is 10.1 Å². The molecule has 0 radical (unpaired) electrons. The van der Waals surface area contributed by atoms with Crippen molar-refractivity contribution in [3.8, 4) is 17.3 Å². The predicted molar refractivity (Wildman–Crippen MR) is 128 cm³/mol. The highest BCUT2D eigenvalue weighted by molar-refractivity contribution is 6.06. The minimum Gasteiger partial charge on any atom is -0.358 e. The Kier molecular flexibility index (Phi) is 7.18. The van der Waals surface area contributed by atoms with Crippen LogP contribution in [0.15, 0.2) is 54.7 Å². The highest BCUT2D eigenvalue weighted by Gasteiger charge is 2.19. The van der Waals surface area contributed by atoms with E-state index in [0.29, 0.717) is 33.8 Å². The summed E-state index contributed by atoms with van der Waals surface area (Å²) in [6.07, 6.45) is 1.68. The zero-order valence-electron chi connectivity index (χ0n) is 19.2. The third-order valence-electron chi connectivity index (χ3n) is 5.33.